The molecule has 19 heavy (non-hydrogen) atoms. The number of nitrogens with one attached hydrogen (secondary N) is 1. The van der Waals surface area contributed by atoms with Gasteiger partial charge in [0.2, 0.25) is 5.91 Å². The van der Waals surface area contributed by atoms with Crippen LogP contribution in [0.3, 0.4) is 0 Å². The summed E-state index contributed by atoms with van der Waals surface area (Å²) in [5.74, 6) is 1.33. The Morgan fingerprint density at radius 2 is 1.95 bits per heavy atom. The zero-order valence-corrected chi connectivity index (χ0v) is 13.1. The van der Waals surface area contributed by atoms with Crippen molar-refractivity contribution in [3.05, 3.63) is 0 Å². The molecule has 0 heterocycles. The zero-order chi connectivity index (χ0) is 14.4. The minimum absolute atomic E-state index is 0.111. The van der Waals surface area contributed by atoms with Gasteiger partial charge in [0.15, 0.2) is 0 Å². The summed E-state index contributed by atoms with van der Waals surface area (Å²) >= 11 is 0. The van der Waals surface area contributed by atoms with E-state index in [-0.39, 0.29) is 17.9 Å². The molecule has 0 aliphatic heterocycles. The molecule has 3 N–H and O–H groups in total. The number of hydrogen-bond donors (Lipinski definition) is 2. The first-order valence-electron chi connectivity index (χ1n) is 8.01. The molecule has 112 valence electrons. The van der Waals surface area contributed by atoms with Crippen LogP contribution < -0.4 is 11.1 Å². The molecule has 1 aliphatic carbocycles. The summed E-state index contributed by atoms with van der Waals surface area (Å²) in [4.78, 5) is 12.3. The topological polar surface area (TPSA) is 55.1 Å². The van der Waals surface area contributed by atoms with Crippen LogP contribution in [0.2, 0.25) is 0 Å². The quantitative estimate of drug-likeness (QED) is 0.727. The molecule has 0 aromatic carbocycles. The van der Waals surface area contributed by atoms with Crippen LogP contribution in [0.25, 0.3) is 0 Å². The lowest BCUT2D eigenvalue weighted by Gasteiger charge is -2.36. The van der Waals surface area contributed by atoms with Gasteiger partial charge in [0.1, 0.15) is 0 Å². The molecule has 3 nitrogen and oxygen atoms in total. The smallest absolute Gasteiger partial charge is 0.223 e. The number of rotatable bonds is 6. The van der Waals surface area contributed by atoms with Crippen molar-refractivity contribution in [1.29, 1.82) is 0 Å². The Morgan fingerprint density at radius 1 is 1.26 bits per heavy atom. The number of amides is 1. The number of carbonyl (C=O) groups is 1. The second-order valence-corrected chi connectivity index (χ2v) is 6.60. The summed E-state index contributed by atoms with van der Waals surface area (Å²) in [5, 5.41) is 3.18. The van der Waals surface area contributed by atoms with Crippen LogP contribution in [-0.4, -0.2) is 18.0 Å². The van der Waals surface area contributed by atoms with Crippen molar-refractivity contribution in [2.24, 2.45) is 23.5 Å². The molecule has 0 spiro atoms. The third-order valence-electron chi connectivity index (χ3n) is 4.65. The lowest BCUT2D eigenvalue weighted by atomic mass is 9.72. The van der Waals surface area contributed by atoms with Crippen molar-refractivity contribution in [3.8, 4) is 0 Å². The normalized spacial score (nSPS) is 32.9. The maximum absolute atomic E-state index is 12.3. The van der Waals surface area contributed by atoms with E-state index < -0.39 is 0 Å². The fourth-order valence-electron chi connectivity index (χ4n) is 3.17. The van der Waals surface area contributed by atoms with Gasteiger partial charge in [-0.3, -0.25) is 4.79 Å². The molecule has 3 heteroatoms. The third kappa shape index (κ3) is 5.13. The van der Waals surface area contributed by atoms with E-state index in [9.17, 15) is 4.79 Å². The summed E-state index contributed by atoms with van der Waals surface area (Å²) < 4.78 is 0. The fraction of sp³-hybridized carbons (Fsp3) is 0.938. The zero-order valence-electron chi connectivity index (χ0n) is 13.1. The maximum atomic E-state index is 12.3. The monoisotopic (exact) mass is 268 g/mol. The van der Waals surface area contributed by atoms with Crippen LogP contribution >= 0.6 is 0 Å². The summed E-state index contributed by atoms with van der Waals surface area (Å²) in [6.45, 7) is 8.70. The first-order chi connectivity index (χ1) is 8.95. The van der Waals surface area contributed by atoms with Gasteiger partial charge < -0.3 is 11.1 Å². The van der Waals surface area contributed by atoms with E-state index in [2.05, 4.69) is 33.0 Å². The fourth-order valence-corrected chi connectivity index (χ4v) is 3.17. The molecule has 1 saturated carbocycles. The number of hydrogen-bond acceptors (Lipinski definition) is 2. The molecule has 0 aromatic heterocycles. The van der Waals surface area contributed by atoms with Crippen LogP contribution in [0.1, 0.15) is 66.2 Å². The number of nitrogens with two attached hydrogens (primary N) is 1. The Balaban J connectivity index is 2.39. The summed E-state index contributed by atoms with van der Waals surface area (Å²) in [5.41, 5.74) is 6.12. The van der Waals surface area contributed by atoms with E-state index in [0.29, 0.717) is 17.9 Å². The third-order valence-corrected chi connectivity index (χ3v) is 4.65. The molecule has 5 atom stereocenters. The molecule has 0 bridgehead atoms. The largest absolute Gasteiger partial charge is 0.353 e. The van der Waals surface area contributed by atoms with Gasteiger partial charge in [0, 0.05) is 18.0 Å². The van der Waals surface area contributed by atoms with Crippen LogP contribution in [-0.2, 0) is 4.79 Å². The average Bonchev–Trinajstić information content (AvgIpc) is 2.34. The van der Waals surface area contributed by atoms with Gasteiger partial charge >= 0.3 is 0 Å². The van der Waals surface area contributed by atoms with Gasteiger partial charge in [-0.25, -0.2) is 0 Å². The summed E-state index contributed by atoms with van der Waals surface area (Å²) in [6.07, 6.45) is 6.69. The average molecular weight is 268 g/mol. The number of unbranched alkanes of at least 4 members (excludes halogenated alkanes) is 2. The van der Waals surface area contributed by atoms with Crippen LogP contribution in [0.4, 0.5) is 0 Å². The van der Waals surface area contributed by atoms with Gasteiger partial charge in [0.25, 0.3) is 0 Å². The summed E-state index contributed by atoms with van der Waals surface area (Å²) in [6, 6.07) is 0.476. The Morgan fingerprint density at radius 3 is 2.58 bits per heavy atom. The molecule has 0 radical (unpaired) electrons. The van der Waals surface area contributed by atoms with E-state index in [1.807, 2.05) is 0 Å². The number of carbonyl (C=O) groups excluding carboxylic acids is 1. The highest BCUT2D eigenvalue weighted by atomic mass is 16.1. The molecule has 1 rings (SSSR count). The molecule has 1 fully saturated rings. The van der Waals surface area contributed by atoms with Crippen molar-refractivity contribution in [2.45, 2.75) is 78.3 Å². The van der Waals surface area contributed by atoms with Crippen LogP contribution in [0.5, 0.6) is 0 Å². The minimum atomic E-state index is 0.111. The second-order valence-electron chi connectivity index (χ2n) is 6.60. The highest BCUT2D eigenvalue weighted by Crippen LogP contribution is 2.33. The Kier molecular flexibility index (Phi) is 6.84. The van der Waals surface area contributed by atoms with Gasteiger partial charge in [-0.05, 0) is 38.0 Å². The Hall–Kier alpha value is -0.570. The van der Waals surface area contributed by atoms with Gasteiger partial charge in [-0.15, -0.1) is 0 Å². The minimum Gasteiger partial charge on any atom is -0.353 e. The first-order valence-corrected chi connectivity index (χ1v) is 8.01. The van der Waals surface area contributed by atoms with Crippen molar-refractivity contribution in [3.63, 3.8) is 0 Å². The van der Waals surface area contributed by atoms with E-state index >= 15 is 0 Å². The van der Waals surface area contributed by atoms with Crippen molar-refractivity contribution >= 4 is 5.91 Å². The highest BCUT2D eigenvalue weighted by Gasteiger charge is 2.35. The SMILES string of the molecule is CCCCCC(C)NC(=O)C1CC(N)C(C)CC1C. The van der Waals surface area contributed by atoms with Gasteiger partial charge in [-0.2, -0.15) is 0 Å². The van der Waals surface area contributed by atoms with Crippen molar-refractivity contribution in [1.82, 2.24) is 5.32 Å². The highest BCUT2D eigenvalue weighted by molar-refractivity contribution is 5.79. The van der Waals surface area contributed by atoms with Gasteiger partial charge in [0.05, 0.1) is 0 Å². The predicted molar refractivity (Wildman–Crippen MR) is 80.8 cm³/mol. The lowest BCUT2D eigenvalue weighted by molar-refractivity contribution is -0.128. The predicted octanol–water partition coefficient (Wildman–Crippen LogP) is 3.08. The van der Waals surface area contributed by atoms with Crippen molar-refractivity contribution < 1.29 is 4.79 Å². The van der Waals surface area contributed by atoms with Crippen LogP contribution in [0.15, 0.2) is 0 Å². The van der Waals surface area contributed by atoms with E-state index in [1.54, 1.807) is 0 Å². The lowest BCUT2D eigenvalue weighted by Crippen LogP contribution is -2.47. The molecule has 5 unspecified atom stereocenters. The maximum Gasteiger partial charge on any atom is 0.223 e. The molecule has 0 saturated heterocycles. The summed E-state index contributed by atoms with van der Waals surface area (Å²) in [7, 11) is 0. The van der Waals surface area contributed by atoms with E-state index in [4.69, 9.17) is 5.73 Å². The molecular weight excluding hydrogens is 236 g/mol. The standard InChI is InChI=1S/C16H32N2O/c1-5-6-7-8-13(4)18-16(19)14-10-15(17)12(3)9-11(14)2/h11-15H,5-10,17H2,1-4H3,(H,18,19). The van der Waals surface area contributed by atoms with Crippen molar-refractivity contribution in [2.75, 3.05) is 0 Å². The van der Waals surface area contributed by atoms with E-state index in [1.165, 1.54) is 19.3 Å². The molecule has 1 amide bonds. The van der Waals surface area contributed by atoms with Crippen LogP contribution in [0, 0.1) is 17.8 Å². The molecular formula is C16H32N2O. The van der Waals surface area contributed by atoms with E-state index in [0.717, 1.165) is 19.3 Å². The van der Waals surface area contributed by atoms with Gasteiger partial charge in [-0.1, -0.05) is 40.0 Å². The second kappa shape index (κ2) is 7.88. The Bertz CT molecular complexity index is 280. The molecule has 1 aliphatic rings. The Labute approximate surface area is 118 Å². The molecule has 0 aromatic rings. The first kappa shape index (κ1) is 16.5.